The first kappa shape index (κ1) is 18.4. The number of aryl methyl sites for hydroxylation is 1. The third-order valence-electron chi connectivity index (χ3n) is 3.72. The molecule has 0 saturated heterocycles. The summed E-state index contributed by atoms with van der Waals surface area (Å²) >= 11 is 5.86. The van der Waals surface area contributed by atoms with Crippen molar-refractivity contribution in [3.63, 3.8) is 0 Å². The molecule has 0 unspecified atom stereocenters. The van der Waals surface area contributed by atoms with Crippen LogP contribution in [0.25, 0.3) is 0 Å². The summed E-state index contributed by atoms with van der Waals surface area (Å²) in [5.41, 5.74) is 3.17. The zero-order valence-electron chi connectivity index (χ0n) is 14.5. The molecule has 134 valence electrons. The fourth-order valence-corrected chi connectivity index (χ4v) is 2.50. The Kier molecular flexibility index (Phi) is 5.64. The highest BCUT2D eigenvalue weighted by molar-refractivity contribution is 6.30. The Bertz CT molecular complexity index is 994. The highest BCUT2D eigenvalue weighted by atomic mass is 35.5. The van der Waals surface area contributed by atoms with Gasteiger partial charge in [-0.3, -0.25) is 4.79 Å². The number of nitrogens with one attached hydrogen (secondary N) is 2. The molecule has 1 aromatic heterocycles. The number of nitriles is 1. The Balaban J connectivity index is 1.70. The number of anilines is 2. The molecular formula is C20H16ClN5O. The number of carbonyl (C=O) groups is 1. The van der Waals surface area contributed by atoms with Gasteiger partial charge in [-0.25, -0.2) is 9.97 Å². The zero-order valence-corrected chi connectivity index (χ0v) is 15.3. The van der Waals surface area contributed by atoms with Crippen LogP contribution >= 0.6 is 11.6 Å². The second-order valence-electron chi connectivity index (χ2n) is 5.84. The first-order valence-corrected chi connectivity index (χ1v) is 8.57. The monoisotopic (exact) mass is 377 g/mol. The zero-order chi connectivity index (χ0) is 19.2. The molecule has 0 bridgehead atoms. The van der Waals surface area contributed by atoms with Crippen molar-refractivity contribution in [2.75, 3.05) is 5.32 Å². The van der Waals surface area contributed by atoms with Crippen molar-refractivity contribution in [3.05, 3.63) is 82.1 Å². The first-order chi connectivity index (χ1) is 13.0. The van der Waals surface area contributed by atoms with Crippen LogP contribution in [0.4, 0.5) is 11.6 Å². The fourth-order valence-electron chi connectivity index (χ4n) is 2.37. The van der Waals surface area contributed by atoms with E-state index in [9.17, 15) is 4.79 Å². The standard InChI is InChI=1S/C20H16ClN5O/c1-13-10-18(19(27)23-12-15-2-6-16(21)7-3-15)26-20(24-13)25-17-8-4-14(11-22)5-9-17/h2-10H,12H2,1H3,(H,23,27)(H,24,25,26). The lowest BCUT2D eigenvalue weighted by Gasteiger charge is -2.09. The van der Waals surface area contributed by atoms with Crippen LogP contribution in [0, 0.1) is 18.3 Å². The average Bonchev–Trinajstić information content (AvgIpc) is 2.67. The van der Waals surface area contributed by atoms with Crippen LogP contribution in [0.3, 0.4) is 0 Å². The minimum absolute atomic E-state index is 0.271. The van der Waals surface area contributed by atoms with Gasteiger partial charge in [-0.05, 0) is 55.0 Å². The lowest BCUT2D eigenvalue weighted by Crippen LogP contribution is -2.24. The van der Waals surface area contributed by atoms with Crippen LogP contribution in [0.5, 0.6) is 0 Å². The van der Waals surface area contributed by atoms with Gasteiger partial charge in [0, 0.05) is 22.9 Å². The van der Waals surface area contributed by atoms with Gasteiger partial charge in [0.15, 0.2) is 0 Å². The van der Waals surface area contributed by atoms with Crippen molar-refractivity contribution < 1.29 is 4.79 Å². The summed E-state index contributed by atoms with van der Waals surface area (Å²) < 4.78 is 0. The minimum Gasteiger partial charge on any atom is -0.347 e. The van der Waals surface area contributed by atoms with Crippen LogP contribution in [0.2, 0.25) is 5.02 Å². The van der Waals surface area contributed by atoms with Gasteiger partial charge < -0.3 is 10.6 Å². The summed E-state index contributed by atoms with van der Waals surface area (Å²) in [6, 6.07) is 17.8. The number of carbonyl (C=O) groups excluding carboxylic acids is 1. The highest BCUT2D eigenvalue weighted by Gasteiger charge is 2.11. The Labute approximate surface area is 161 Å². The second-order valence-corrected chi connectivity index (χ2v) is 6.28. The second kappa shape index (κ2) is 8.30. The summed E-state index contributed by atoms with van der Waals surface area (Å²) in [6.45, 7) is 2.17. The van der Waals surface area contributed by atoms with E-state index in [-0.39, 0.29) is 11.6 Å². The van der Waals surface area contributed by atoms with E-state index in [0.717, 1.165) is 11.3 Å². The van der Waals surface area contributed by atoms with Crippen LogP contribution in [0.15, 0.2) is 54.6 Å². The molecule has 0 radical (unpaired) electrons. The number of hydrogen-bond acceptors (Lipinski definition) is 5. The van der Waals surface area contributed by atoms with E-state index in [4.69, 9.17) is 16.9 Å². The summed E-state index contributed by atoms with van der Waals surface area (Å²) in [7, 11) is 0. The molecule has 3 rings (SSSR count). The van der Waals surface area contributed by atoms with Crippen LogP contribution < -0.4 is 10.6 Å². The number of halogens is 1. The van der Waals surface area contributed by atoms with Crippen molar-refractivity contribution in [1.29, 1.82) is 5.26 Å². The van der Waals surface area contributed by atoms with Crippen molar-refractivity contribution in [3.8, 4) is 6.07 Å². The molecule has 0 aliphatic heterocycles. The number of nitrogens with zero attached hydrogens (tertiary/aromatic N) is 3. The van der Waals surface area contributed by atoms with E-state index in [1.54, 1.807) is 49.4 Å². The molecule has 27 heavy (non-hydrogen) atoms. The van der Waals surface area contributed by atoms with Gasteiger partial charge in [0.25, 0.3) is 5.91 Å². The van der Waals surface area contributed by atoms with Gasteiger partial charge in [0.1, 0.15) is 5.69 Å². The van der Waals surface area contributed by atoms with E-state index in [1.165, 1.54) is 0 Å². The topological polar surface area (TPSA) is 90.7 Å². The Hall–Kier alpha value is -3.43. The van der Waals surface area contributed by atoms with Gasteiger partial charge in [-0.15, -0.1) is 0 Å². The number of aromatic nitrogens is 2. The van der Waals surface area contributed by atoms with E-state index >= 15 is 0 Å². The summed E-state index contributed by atoms with van der Waals surface area (Å²) in [5.74, 6) is 0.0229. The molecular weight excluding hydrogens is 362 g/mol. The SMILES string of the molecule is Cc1cc(C(=O)NCc2ccc(Cl)cc2)nc(Nc2ccc(C#N)cc2)n1. The van der Waals surface area contributed by atoms with Gasteiger partial charge >= 0.3 is 0 Å². The third-order valence-corrected chi connectivity index (χ3v) is 3.98. The third kappa shape index (κ3) is 5.03. The van der Waals surface area contributed by atoms with Crippen LogP contribution in [-0.2, 0) is 6.54 Å². The Morgan fingerprint density at radius 2 is 1.81 bits per heavy atom. The van der Waals surface area contributed by atoms with E-state index in [1.807, 2.05) is 12.1 Å². The Morgan fingerprint density at radius 1 is 1.11 bits per heavy atom. The lowest BCUT2D eigenvalue weighted by molar-refractivity contribution is 0.0945. The van der Waals surface area contributed by atoms with Gasteiger partial charge in [0.2, 0.25) is 5.95 Å². The molecule has 0 aliphatic carbocycles. The summed E-state index contributed by atoms with van der Waals surface area (Å²) in [5, 5.41) is 15.4. The number of rotatable bonds is 5. The predicted octanol–water partition coefficient (Wildman–Crippen LogP) is 3.98. The lowest BCUT2D eigenvalue weighted by atomic mass is 10.2. The molecule has 0 aliphatic rings. The molecule has 2 N–H and O–H groups in total. The molecule has 1 heterocycles. The number of hydrogen-bond donors (Lipinski definition) is 2. The smallest absolute Gasteiger partial charge is 0.270 e. The number of benzene rings is 2. The molecule has 2 aromatic carbocycles. The molecule has 6 nitrogen and oxygen atoms in total. The van der Waals surface area contributed by atoms with Gasteiger partial charge in [-0.1, -0.05) is 23.7 Å². The molecule has 3 aromatic rings. The molecule has 7 heteroatoms. The minimum atomic E-state index is -0.293. The van der Waals surface area contributed by atoms with E-state index < -0.39 is 0 Å². The molecule has 1 amide bonds. The van der Waals surface area contributed by atoms with Gasteiger partial charge in [-0.2, -0.15) is 5.26 Å². The van der Waals surface area contributed by atoms with Crippen molar-refractivity contribution in [2.24, 2.45) is 0 Å². The van der Waals surface area contributed by atoms with Crippen LogP contribution in [0.1, 0.15) is 27.3 Å². The summed E-state index contributed by atoms with van der Waals surface area (Å²) in [4.78, 5) is 21.0. The normalized spacial score (nSPS) is 10.1. The Morgan fingerprint density at radius 3 is 2.48 bits per heavy atom. The van der Waals surface area contributed by atoms with E-state index in [0.29, 0.717) is 28.8 Å². The summed E-state index contributed by atoms with van der Waals surface area (Å²) in [6.07, 6.45) is 0. The molecule has 0 saturated carbocycles. The molecule has 0 fully saturated rings. The first-order valence-electron chi connectivity index (χ1n) is 8.19. The van der Waals surface area contributed by atoms with Crippen molar-refractivity contribution >= 4 is 29.1 Å². The van der Waals surface area contributed by atoms with Crippen molar-refractivity contribution in [1.82, 2.24) is 15.3 Å². The molecule has 0 spiro atoms. The highest BCUT2D eigenvalue weighted by Crippen LogP contribution is 2.15. The average molecular weight is 378 g/mol. The maximum atomic E-state index is 12.4. The molecule has 0 atom stereocenters. The largest absolute Gasteiger partial charge is 0.347 e. The van der Waals surface area contributed by atoms with E-state index in [2.05, 4.69) is 26.7 Å². The number of amides is 1. The maximum Gasteiger partial charge on any atom is 0.270 e. The van der Waals surface area contributed by atoms with Crippen LogP contribution in [-0.4, -0.2) is 15.9 Å². The quantitative estimate of drug-likeness (QED) is 0.701. The van der Waals surface area contributed by atoms with Gasteiger partial charge in [0.05, 0.1) is 11.6 Å². The van der Waals surface area contributed by atoms with Crippen molar-refractivity contribution in [2.45, 2.75) is 13.5 Å². The fraction of sp³-hybridized carbons (Fsp3) is 0.100. The predicted molar refractivity (Wildman–Crippen MR) is 104 cm³/mol. The maximum absolute atomic E-state index is 12.4.